The Morgan fingerprint density at radius 2 is 1.69 bits per heavy atom. The number of fused-ring (bicyclic) bond motifs is 1. The third-order valence-corrected chi connectivity index (χ3v) is 6.70. The van der Waals surface area contributed by atoms with Gasteiger partial charge in [0, 0.05) is 13.0 Å². The molecule has 26 heavy (non-hydrogen) atoms. The molecule has 0 unspecified atom stereocenters. The summed E-state index contributed by atoms with van der Waals surface area (Å²) < 4.78 is 52.1. The molecular weight excluding hydrogens is 357 g/mol. The first-order valence-corrected chi connectivity index (χ1v) is 10.2. The molecule has 0 aliphatic carbocycles. The van der Waals surface area contributed by atoms with Crippen LogP contribution >= 0.6 is 0 Å². The molecule has 1 fully saturated rings. The minimum absolute atomic E-state index is 0.111. The van der Waals surface area contributed by atoms with E-state index in [-0.39, 0.29) is 10.9 Å². The second-order valence-corrected chi connectivity index (χ2v) is 8.37. The molecule has 2 aliphatic rings. The van der Waals surface area contributed by atoms with Gasteiger partial charge in [0.2, 0.25) is 10.0 Å². The molecule has 0 radical (unpaired) electrons. The fourth-order valence-corrected chi connectivity index (χ4v) is 5.17. The summed E-state index contributed by atoms with van der Waals surface area (Å²) in [6.45, 7) is 1.64. The van der Waals surface area contributed by atoms with Crippen LogP contribution in [0.5, 0.6) is 11.5 Å². The fourth-order valence-electron chi connectivity index (χ4n) is 3.49. The molecule has 2 aromatic carbocycles. The van der Waals surface area contributed by atoms with Crippen molar-refractivity contribution < 1.29 is 22.3 Å². The van der Waals surface area contributed by atoms with Gasteiger partial charge in [0.15, 0.2) is 11.5 Å². The Bertz CT molecular complexity index is 898. The minimum Gasteiger partial charge on any atom is -0.490 e. The van der Waals surface area contributed by atoms with Crippen LogP contribution in [0, 0.1) is 5.82 Å². The first kappa shape index (κ1) is 17.3. The standard InChI is InChI=1S/C19H20FNO4S/c20-15-5-7-16(8-6-15)26(22,23)21-10-1-3-17(21)14-4-9-18-19(13-14)25-12-2-11-24-18/h4-9,13,17H,1-3,10-12H2/t17-/m1/s1. The Labute approximate surface area is 152 Å². The van der Waals surface area contributed by atoms with Gasteiger partial charge in [-0.1, -0.05) is 6.07 Å². The molecule has 4 rings (SSSR count). The van der Waals surface area contributed by atoms with Crippen molar-refractivity contribution in [2.24, 2.45) is 0 Å². The largest absolute Gasteiger partial charge is 0.490 e. The lowest BCUT2D eigenvalue weighted by Crippen LogP contribution is -2.30. The zero-order chi connectivity index (χ0) is 18.1. The number of rotatable bonds is 3. The van der Waals surface area contributed by atoms with E-state index >= 15 is 0 Å². The number of ether oxygens (including phenoxy) is 2. The van der Waals surface area contributed by atoms with Crippen molar-refractivity contribution >= 4 is 10.0 Å². The van der Waals surface area contributed by atoms with Gasteiger partial charge < -0.3 is 9.47 Å². The smallest absolute Gasteiger partial charge is 0.243 e. The van der Waals surface area contributed by atoms with Gasteiger partial charge in [-0.15, -0.1) is 0 Å². The Hall–Kier alpha value is -2.12. The number of nitrogens with zero attached hydrogens (tertiary/aromatic N) is 1. The topological polar surface area (TPSA) is 55.8 Å². The lowest BCUT2D eigenvalue weighted by Gasteiger charge is -2.25. The van der Waals surface area contributed by atoms with Gasteiger partial charge in [0.25, 0.3) is 0 Å². The number of sulfonamides is 1. The van der Waals surface area contributed by atoms with Crippen molar-refractivity contribution in [2.75, 3.05) is 19.8 Å². The van der Waals surface area contributed by atoms with Crippen molar-refractivity contribution in [1.29, 1.82) is 0 Å². The van der Waals surface area contributed by atoms with E-state index in [0.717, 1.165) is 24.8 Å². The van der Waals surface area contributed by atoms with Gasteiger partial charge >= 0.3 is 0 Å². The van der Waals surface area contributed by atoms with E-state index in [1.165, 1.54) is 28.6 Å². The molecule has 0 saturated carbocycles. The van der Waals surface area contributed by atoms with Gasteiger partial charge in [-0.05, 0) is 54.8 Å². The molecule has 0 spiro atoms. The van der Waals surface area contributed by atoms with E-state index in [1.807, 2.05) is 18.2 Å². The summed E-state index contributed by atoms with van der Waals surface area (Å²) in [5, 5.41) is 0. The molecule has 0 N–H and O–H groups in total. The average molecular weight is 377 g/mol. The average Bonchev–Trinajstić information content (AvgIpc) is 3.02. The van der Waals surface area contributed by atoms with Gasteiger partial charge in [-0.25, -0.2) is 12.8 Å². The van der Waals surface area contributed by atoms with E-state index in [0.29, 0.717) is 31.3 Å². The van der Waals surface area contributed by atoms with Crippen LogP contribution in [0.1, 0.15) is 30.9 Å². The van der Waals surface area contributed by atoms with Crippen LogP contribution in [-0.4, -0.2) is 32.5 Å². The number of hydrogen-bond acceptors (Lipinski definition) is 4. The highest BCUT2D eigenvalue weighted by Gasteiger charge is 2.36. The van der Waals surface area contributed by atoms with Crippen LogP contribution in [0.25, 0.3) is 0 Å². The van der Waals surface area contributed by atoms with E-state index in [2.05, 4.69) is 0 Å². The molecule has 2 aliphatic heterocycles. The fraction of sp³-hybridized carbons (Fsp3) is 0.368. The highest BCUT2D eigenvalue weighted by molar-refractivity contribution is 7.89. The lowest BCUT2D eigenvalue weighted by molar-refractivity contribution is 0.296. The van der Waals surface area contributed by atoms with E-state index in [4.69, 9.17) is 9.47 Å². The van der Waals surface area contributed by atoms with Crippen molar-refractivity contribution in [3.05, 3.63) is 53.8 Å². The van der Waals surface area contributed by atoms with Gasteiger partial charge in [-0.3, -0.25) is 0 Å². The zero-order valence-electron chi connectivity index (χ0n) is 14.2. The molecule has 138 valence electrons. The molecule has 1 saturated heterocycles. The molecule has 0 aromatic heterocycles. The predicted molar refractivity (Wildman–Crippen MR) is 94.3 cm³/mol. The summed E-state index contributed by atoms with van der Waals surface area (Å²) in [4.78, 5) is 0.111. The zero-order valence-corrected chi connectivity index (χ0v) is 15.0. The SMILES string of the molecule is O=S(=O)(c1ccc(F)cc1)N1CCC[C@@H]1c1ccc2c(c1)OCCCO2. The van der Waals surface area contributed by atoms with Crippen LogP contribution < -0.4 is 9.47 Å². The maximum Gasteiger partial charge on any atom is 0.243 e. The summed E-state index contributed by atoms with van der Waals surface area (Å²) in [5.41, 5.74) is 0.887. The minimum atomic E-state index is -3.69. The van der Waals surface area contributed by atoms with Crippen molar-refractivity contribution in [1.82, 2.24) is 4.31 Å². The van der Waals surface area contributed by atoms with Gasteiger partial charge in [0.1, 0.15) is 5.82 Å². The van der Waals surface area contributed by atoms with Crippen LogP contribution in [-0.2, 0) is 10.0 Å². The quantitative estimate of drug-likeness (QED) is 0.821. The molecule has 7 heteroatoms. The second-order valence-electron chi connectivity index (χ2n) is 6.48. The van der Waals surface area contributed by atoms with E-state index in [9.17, 15) is 12.8 Å². The highest BCUT2D eigenvalue weighted by Crippen LogP contribution is 2.40. The Balaban J connectivity index is 1.66. The van der Waals surface area contributed by atoms with Crippen molar-refractivity contribution in [3.8, 4) is 11.5 Å². The summed E-state index contributed by atoms with van der Waals surface area (Å²) in [5.74, 6) is 0.896. The van der Waals surface area contributed by atoms with Crippen LogP contribution in [0.15, 0.2) is 47.4 Å². The van der Waals surface area contributed by atoms with Crippen molar-refractivity contribution in [3.63, 3.8) is 0 Å². The second kappa shape index (κ2) is 6.89. The molecular formula is C19H20FNO4S. The first-order valence-electron chi connectivity index (χ1n) is 8.73. The predicted octanol–water partition coefficient (Wildman–Crippen LogP) is 3.51. The molecule has 0 amide bonds. The molecule has 0 bridgehead atoms. The van der Waals surface area contributed by atoms with Crippen LogP contribution in [0.2, 0.25) is 0 Å². The number of hydrogen-bond donors (Lipinski definition) is 0. The van der Waals surface area contributed by atoms with E-state index < -0.39 is 15.8 Å². The highest BCUT2D eigenvalue weighted by atomic mass is 32.2. The Morgan fingerprint density at radius 1 is 0.962 bits per heavy atom. The summed E-state index contributed by atoms with van der Waals surface area (Å²) >= 11 is 0. The molecule has 2 heterocycles. The Morgan fingerprint density at radius 3 is 2.46 bits per heavy atom. The molecule has 5 nitrogen and oxygen atoms in total. The molecule has 1 atom stereocenters. The number of halogens is 1. The monoisotopic (exact) mass is 377 g/mol. The molecule has 2 aromatic rings. The summed E-state index contributed by atoms with van der Waals surface area (Å²) in [6.07, 6.45) is 2.33. The van der Waals surface area contributed by atoms with Gasteiger partial charge in [0.05, 0.1) is 24.2 Å². The van der Waals surface area contributed by atoms with E-state index in [1.54, 1.807) is 0 Å². The normalized spacial score (nSPS) is 20.7. The lowest BCUT2D eigenvalue weighted by atomic mass is 10.0. The summed E-state index contributed by atoms with van der Waals surface area (Å²) in [6, 6.07) is 10.3. The van der Waals surface area contributed by atoms with Crippen molar-refractivity contribution in [2.45, 2.75) is 30.2 Å². The third kappa shape index (κ3) is 3.17. The van der Waals surface area contributed by atoms with Crippen LogP contribution in [0.3, 0.4) is 0 Å². The number of benzene rings is 2. The van der Waals surface area contributed by atoms with Gasteiger partial charge in [-0.2, -0.15) is 4.31 Å². The maximum atomic E-state index is 13.2. The van der Waals surface area contributed by atoms with Crippen LogP contribution in [0.4, 0.5) is 4.39 Å². The summed E-state index contributed by atoms with van der Waals surface area (Å²) in [7, 11) is -3.69. The maximum absolute atomic E-state index is 13.2. The Kier molecular flexibility index (Phi) is 4.58. The third-order valence-electron chi connectivity index (χ3n) is 4.78. The first-order chi connectivity index (χ1) is 12.6.